The largest absolute Gasteiger partial charge is 0.472 e. The van der Waals surface area contributed by atoms with Gasteiger partial charge in [-0.1, -0.05) is 13.0 Å². The molecule has 0 aliphatic rings. The molecular formula is C14H15ClN2O2S. The Balaban J connectivity index is 2.25. The van der Waals surface area contributed by atoms with Gasteiger partial charge < -0.3 is 4.74 Å². The minimum Gasteiger partial charge on any atom is -0.472 e. The first-order valence-corrected chi connectivity index (χ1v) is 7.55. The Morgan fingerprint density at radius 3 is 2.85 bits per heavy atom. The molecule has 0 unspecified atom stereocenters. The number of ether oxygens (including phenoxy) is 1. The molecule has 0 spiro atoms. The number of carbonyl (C=O) groups excluding carboxylic acids is 1. The normalized spacial score (nSPS) is 10.6. The maximum atomic E-state index is 11.5. The molecule has 0 atom stereocenters. The van der Waals surface area contributed by atoms with Crippen LogP contribution in [-0.4, -0.2) is 20.8 Å². The lowest BCUT2D eigenvalue weighted by molar-refractivity contribution is 0.107. The van der Waals surface area contributed by atoms with E-state index in [1.807, 2.05) is 19.2 Å². The minimum absolute atomic E-state index is 0.272. The molecule has 1 aromatic heterocycles. The molecule has 0 aliphatic heterocycles. The molecule has 0 bridgehead atoms. The van der Waals surface area contributed by atoms with Crippen molar-refractivity contribution in [3.63, 3.8) is 0 Å². The molecule has 0 radical (unpaired) electrons. The van der Waals surface area contributed by atoms with E-state index in [9.17, 15) is 4.79 Å². The molecule has 2 rings (SSSR count). The highest BCUT2D eigenvalue weighted by Crippen LogP contribution is 2.27. The van der Waals surface area contributed by atoms with E-state index < -0.39 is 5.24 Å². The number of halogens is 1. The minimum atomic E-state index is -0.469. The maximum Gasteiger partial charge on any atom is 0.252 e. The van der Waals surface area contributed by atoms with Gasteiger partial charge in [0.15, 0.2) is 0 Å². The standard InChI is InChI=1S/C14H15ClN2O2S/c1-3-20-12-6-4-5-10(14(15)18)11(12)9-19-13-7-8-17(2)16-13/h4-8H,3,9H2,1-2H3. The van der Waals surface area contributed by atoms with Crippen LogP contribution in [0.1, 0.15) is 22.8 Å². The number of aryl methyl sites for hydroxylation is 1. The SMILES string of the molecule is CCSc1cccc(C(=O)Cl)c1COc1ccn(C)n1. The van der Waals surface area contributed by atoms with Crippen molar-refractivity contribution in [3.05, 3.63) is 41.6 Å². The average molecular weight is 311 g/mol. The topological polar surface area (TPSA) is 44.1 Å². The fourth-order valence-electron chi connectivity index (χ4n) is 1.81. The number of benzene rings is 1. The van der Waals surface area contributed by atoms with Gasteiger partial charge in [0.05, 0.1) is 0 Å². The van der Waals surface area contributed by atoms with Crippen LogP contribution < -0.4 is 4.74 Å². The maximum absolute atomic E-state index is 11.5. The molecule has 0 amide bonds. The van der Waals surface area contributed by atoms with Crippen molar-refractivity contribution in [2.24, 2.45) is 7.05 Å². The Morgan fingerprint density at radius 2 is 2.25 bits per heavy atom. The van der Waals surface area contributed by atoms with Crippen LogP contribution in [0.5, 0.6) is 5.88 Å². The van der Waals surface area contributed by atoms with Crippen molar-refractivity contribution < 1.29 is 9.53 Å². The summed E-state index contributed by atoms with van der Waals surface area (Å²) in [5.41, 5.74) is 1.30. The van der Waals surface area contributed by atoms with Crippen LogP contribution in [-0.2, 0) is 13.7 Å². The average Bonchev–Trinajstić information content (AvgIpc) is 2.83. The predicted octanol–water partition coefficient (Wildman–Crippen LogP) is 3.49. The van der Waals surface area contributed by atoms with Crippen LogP contribution in [0.15, 0.2) is 35.4 Å². The summed E-state index contributed by atoms with van der Waals surface area (Å²) in [4.78, 5) is 12.5. The third kappa shape index (κ3) is 3.55. The zero-order chi connectivity index (χ0) is 14.5. The molecule has 2 aromatic rings. The molecule has 0 fully saturated rings. The zero-order valence-corrected chi connectivity index (χ0v) is 12.9. The molecule has 6 heteroatoms. The van der Waals surface area contributed by atoms with Gasteiger partial charge in [0.25, 0.3) is 5.24 Å². The fourth-order valence-corrected chi connectivity index (χ4v) is 2.81. The molecule has 4 nitrogen and oxygen atoms in total. The highest BCUT2D eigenvalue weighted by Gasteiger charge is 2.14. The number of aromatic nitrogens is 2. The summed E-state index contributed by atoms with van der Waals surface area (Å²) in [6, 6.07) is 7.29. The Bertz CT molecular complexity index is 613. The Morgan fingerprint density at radius 1 is 1.45 bits per heavy atom. The van der Waals surface area contributed by atoms with Gasteiger partial charge >= 0.3 is 0 Å². The van der Waals surface area contributed by atoms with Crippen molar-refractivity contribution in [1.82, 2.24) is 9.78 Å². The van der Waals surface area contributed by atoms with Crippen LogP contribution in [0.3, 0.4) is 0 Å². The molecule has 1 heterocycles. The highest BCUT2D eigenvalue weighted by atomic mass is 35.5. The van der Waals surface area contributed by atoms with E-state index >= 15 is 0 Å². The lowest BCUT2D eigenvalue weighted by atomic mass is 10.1. The van der Waals surface area contributed by atoms with Gasteiger partial charge in [0.1, 0.15) is 6.61 Å². The van der Waals surface area contributed by atoms with Crippen LogP contribution in [0.25, 0.3) is 0 Å². The van der Waals surface area contributed by atoms with Gasteiger partial charge in [-0.05, 0) is 29.5 Å². The Kier molecular flexibility index (Phi) is 5.09. The van der Waals surface area contributed by atoms with Crippen LogP contribution in [0, 0.1) is 0 Å². The summed E-state index contributed by atoms with van der Waals surface area (Å²) in [7, 11) is 1.82. The van der Waals surface area contributed by atoms with E-state index in [0.29, 0.717) is 11.4 Å². The van der Waals surface area contributed by atoms with Crippen LogP contribution >= 0.6 is 23.4 Å². The third-order valence-corrected chi connectivity index (χ3v) is 3.88. The Hall–Kier alpha value is -1.46. The second kappa shape index (κ2) is 6.81. The third-order valence-electron chi connectivity index (χ3n) is 2.70. The van der Waals surface area contributed by atoms with E-state index in [1.165, 1.54) is 0 Å². The molecule has 106 valence electrons. The zero-order valence-electron chi connectivity index (χ0n) is 11.3. The second-order valence-electron chi connectivity index (χ2n) is 4.11. The molecule has 1 aromatic carbocycles. The van der Waals surface area contributed by atoms with Crippen LogP contribution in [0.2, 0.25) is 0 Å². The lowest BCUT2D eigenvalue weighted by Crippen LogP contribution is -2.05. The van der Waals surface area contributed by atoms with E-state index in [4.69, 9.17) is 16.3 Å². The molecule has 0 aliphatic carbocycles. The van der Waals surface area contributed by atoms with Gasteiger partial charge in [-0.3, -0.25) is 9.48 Å². The number of hydrogen-bond donors (Lipinski definition) is 0. The van der Waals surface area contributed by atoms with Crippen molar-refractivity contribution >= 4 is 28.6 Å². The van der Waals surface area contributed by atoms with Crippen molar-refractivity contribution in [2.75, 3.05) is 5.75 Å². The number of carbonyl (C=O) groups is 1. The van der Waals surface area contributed by atoms with Gasteiger partial charge in [-0.15, -0.1) is 16.9 Å². The quantitative estimate of drug-likeness (QED) is 0.605. The smallest absolute Gasteiger partial charge is 0.252 e. The summed E-state index contributed by atoms with van der Waals surface area (Å²) in [6.45, 7) is 2.33. The molecule has 0 N–H and O–H groups in total. The van der Waals surface area contributed by atoms with Gasteiger partial charge in [-0.2, -0.15) is 0 Å². The highest BCUT2D eigenvalue weighted by molar-refractivity contribution is 7.99. The van der Waals surface area contributed by atoms with Gasteiger partial charge in [0.2, 0.25) is 5.88 Å². The number of hydrogen-bond acceptors (Lipinski definition) is 4. The second-order valence-corrected chi connectivity index (χ2v) is 5.75. The van der Waals surface area contributed by atoms with Gasteiger partial charge in [-0.25, -0.2) is 0 Å². The molecule has 0 saturated carbocycles. The molecular weight excluding hydrogens is 296 g/mol. The number of nitrogens with zero attached hydrogens (tertiary/aromatic N) is 2. The van der Waals surface area contributed by atoms with Crippen LogP contribution in [0.4, 0.5) is 0 Å². The number of thioether (sulfide) groups is 1. The van der Waals surface area contributed by atoms with Crippen molar-refractivity contribution in [3.8, 4) is 5.88 Å². The monoisotopic (exact) mass is 310 g/mol. The summed E-state index contributed by atoms with van der Waals surface area (Å²) < 4.78 is 7.30. The molecule has 0 saturated heterocycles. The first kappa shape index (κ1) is 14.9. The lowest BCUT2D eigenvalue weighted by Gasteiger charge is -2.12. The predicted molar refractivity (Wildman–Crippen MR) is 80.6 cm³/mol. The van der Waals surface area contributed by atoms with Crippen molar-refractivity contribution in [2.45, 2.75) is 18.4 Å². The molecule has 20 heavy (non-hydrogen) atoms. The van der Waals surface area contributed by atoms with E-state index in [0.717, 1.165) is 16.2 Å². The first-order valence-electron chi connectivity index (χ1n) is 6.18. The summed E-state index contributed by atoms with van der Waals surface area (Å²) >= 11 is 7.30. The van der Waals surface area contributed by atoms with Gasteiger partial charge in [0, 0.05) is 35.3 Å². The first-order chi connectivity index (χ1) is 9.61. The fraction of sp³-hybridized carbons (Fsp3) is 0.286. The van der Waals surface area contributed by atoms with E-state index in [1.54, 1.807) is 34.8 Å². The summed E-state index contributed by atoms with van der Waals surface area (Å²) in [5.74, 6) is 1.44. The summed E-state index contributed by atoms with van der Waals surface area (Å²) in [6.07, 6.45) is 1.80. The van der Waals surface area contributed by atoms with E-state index in [2.05, 4.69) is 12.0 Å². The van der Waals surface area contributed by atoms with E-state index in [-0.39, 0.29) is 6.61 Å². The number of rotatable bonds is 6. The van der Waals surface area contributed by atoms with Crippen molar-refractivity contribution in [1.29, 1.82) is 0 Å². The summed E-state index contributed by atoms with van der Waals surface area (Å²) in [5, 5.41) is 3.68. The Labute approximate surface area is 127 Å².